The number of ether oxygens (including phenoxy) is 1. The van der Waals surface area contributed by atoms with Crippen molar-refractivity contribution >= 4 is 17.3 Å². The molecule has 1 saturated heterocycles. The second-order valence-corrected chi connectivity index (χ2v) is 12.2. The first-order valence-corrected chi connectivity index (χ1v) is 16.8. The molecular weight excluding hydrogens is 570 g/mol. The number of likely N-dealkylation sites (tertiary alicyclic amines) is 1. The van der Waals surface area contributed by atoms with E-state index in [2.05, 4.69) is 37.7 Å². The van der Waals surface area contributed by atoms with Crippen LogP contribution in [0, 0.1) is 11.3 Å². The van der Waals surface area contributed by atoms with Crippen LogP contribution in [-0.2, 0) is 4.79 Å². The minimum absolute atomic E-state index is 0.195. The predicted octanol–water partition coefficient (Wildman–Crippen LogP) is 8.78. The van der Waals surface area contributed by atoms with Gasteiger partial charge in [-0.15, -0.1) is 0 Å². The zero-order chi connectivity index (χ0) is 33.9. The molecule has 1 aliphatic heterocycles. The molecule has 2 fully saturated rings. The van der Waals surface area contributed by atoms with E-state index in [0.717, 1.165) is 61.3 Å². The topological polar surface area (TPSA) is 95.0 Å². The van der Waals surface area contributed by atoms with Crippen LogP contribution in [0.1, 0.15) is 85.6 Å². The number of carbonyl (C=O) groups is 1. The number of nitrogens with one attached hydrogen (secondary N) is 1. The van der Waals surface area contributed by atoms with Gasteiger partial charge in [0.1, 0.15) is 11.5 Å². The molecule has 2 aliphatic rings. The summed E-state index contributed by atoms with van der Waals surface area (Å²) in [5.41, 5.74) is 9.09. The fraction of sp³-hybridized carbons (Fsp3) is 0.462. The smallest absolute Gasteiger partial charge is 0.246 e. The summed E-state index contributed by atoms with van der Waals surface area (Å²) in [6, 6.07) is 17.8. The molecule has 7 heteroatoms. The number of nitrogens with two attached hydrogens (primary N) is 1. The number of amides is 1. The molecular formula is C39H57N5O2. The highest BCUT2D eigenvalue weighted by atomic mass is 16.5. The number of carbonyl (C=O) groups excluding carboxylic acids is 1. The first kappa shape index (κ1) is 38.2. The van der Waals surface area contributed by atoms with E-state index in [0.29, 0.717) is 22.9 Å². The van der Waals surface area contributed by atoms with Crippen molar-refractivity contribution in [1.82, 2.24) is 9.80 Å². The monoisotopic (exact) mass is 627 g/mol. The molecule has 0 unspecified atom stereocenters. The Bertz CT molecular complexity index is 1320. The largest absolute Gasteiger partial charge is 0.457 e. The summed E-state index contributed by atoms with van der Waals surface area (Å²) < 4.78 is 5.79. The van der Waals surface area contributed by atoms with Gasteiger partial charge in [-0.1, -0.05) is 64.5 Å². The fourth-order valence-electron chi connectivity index (χ4n) is 4.94. The number of allylic oxidation sites excluding steroid dienone is 3. The molecule has 1 aliphatic carbocycles. The minimum Gasteiger partial charge on any atom is -0.457 e. The lowest BCUT2D eigenvalue weighted by Crippen LogP contribution is -2.38. The van der Waals surface area contributed by atoms with Gasteiger partial charge in [0.25, 0.3) is 0 Å². The van der Waals surface area contributed by atoms with Gasteiger partial charge in [-0.2, -0.15) is 0 Å². The number of piperidine rings is 1. The third-order valence-electron chi connectivity index (χ3n) is 7.53. The minimum atomic E-state index is 0.195. The third-order valence-corrected chi connectivity index (χ3v) is 7.53. The Kier molecular flexibility index (Phi) is 17.4. The van der Waals surface area contributed by atoms with Crippen molar-refractivity contribution < 1.29 is 9.53 Å². The number of hydrogen-bond donors (Lipinski definition) is 2. The highest BCUT2D eigenvalue weighted by molar-refractivity contribution is 6.28. The number of benzene rings is 2. The van der Waals surface area contributed by atoms with E-state index in [1.165, 1.54) is 25.7 Å². The van der Waals surface area contributed by atoms with Gasteiger partial charge in [0.2, 0.25) is 5.91 Å². The Morgan fingerprint density at radius 3 is 2.22 bits per heavy atom. The van der Waals surface area contributed by atoms with Crippen LogP contribution in [0.25, 0.3) is 0 Å². The van der Waals surface area contributed by atoms with Gasteiger partial charge in [-0.05, 0) is 95.3 Å². The fourth-order valence-corrected chi connectivity index (χ4v) is 4.94. The first-order chi connectivity index (χ1) is 22.1. The molecule has 3 N–H and O–H groups in total. The highest BCUT2D eigenvalue weighted by Gasteiger charge is 2.25. The van der Waals surface area contributed by atoms with Gasteiger partial charge < -0.3 is 15.4 Å². The summed E-state index contributed by atoms with van der Waals surface area (Å²) in [7, 11) is 2.13. The van der Waals surface area contributed by atoms with E-state index in [4.69, 9.17) is 15.9 Å². The average molecular weight is 628 g/mol. The van der Waals surface area contributed by atoms with E-state index in [-0.39, 0.29) is 5.91 Å². The molecule has 1 heterocycles. The van der Waals surface area contributed by atoms with Crippen LogP contribution in [-0.4, -0.2) is 59.9 Å². The van der Waals surface area contributed by atoms with Crippen LogP contribution in [0.2, 0.25) is 0 Å². The van der Waals surface area contributed by atoms with Crippen molar-refractivity contribution in [3.8, 4) is 11.5 Å². The van der Waals surface area contributed by atoms with Gasteiger partial charge in [-0.3, -0.25) is 20.1 Å². The number of para-hydroxylation sites is 1. The van der Waals surface area contributed by atoms with Crippen molar-refractivity contribution in [2.24, 2.45) is 16.6 Å². The van der Waals surface area contributed by atoms with Gasteiger partial charge in [0.15, 0.2) is 0 Å². The standard InChI is InChI=1S/C22H25N3O.C14H24N2O.C3H8/c1-4-5-15-25-17(3)21(16(2)23)22(24)18-11-13-20(14-12-18)26-19-9-7-6-8-10-19;1-12-5-3-10-16(11-12)14(17)6-4-9-15(2)13-7-8-13;1-3-2/h5-15,24H,4,23H2,1-3H3;4,6,12-13H,3,5,7-11H2,1-2H3;3H2,1-2H3/b15-5+,21-16-,24-22?,25-17+;6-4+;/t;12-;/m.1./s1. The molecule has 2 aromatic carbocycles. The van der Waals surface area contributed by atoms with Gasteiger partial charge >= 0.3 is 0 Å². The number of aliphatic imine (C=N–C) groups is 1. The second-order valence-electron chi connectivity index (χ2n) is 12.2. The van der Waals surface area contributed by atoms with Crippen molar-refractivity contribution in [3.63, 3.8) is 0 Å². The first-order valence-electron chi connectivity index (χ1n) is 16.8. The second kappa shape index (κ2) is 20.9. The molecule has 1 saturated carbocycles. The van der Waals surface area contributed by atoms with E-state index in [9.17, 15) is 4.79 Å². The summed E-state index contributed by atoms with van der Waals surface area (Å²) in [6.45, 7) is 15.0. The summed E-state index contributed by atoms with van der Waals surface area (Å²) in [5, 5.41) is 8.54. The van der Waals surface area contributed by atoms with E-state index in [1.807, 2.05) is 85.5 Å². The van der Waals surface area contributed by atoms with Crippen LogP contribution < -0.4 is 10.5 Å². The highest BCUT2D eigenvalue weighted by Crippen LogP contribution is 2.25. The molecule has 0 aromatic heterocycles. The lowest BCUT2D eigenvalue weighted by atomic mass is 9.97. The number of rotatable bonds is 11. The van der Waals surface area contributed by atoms with E-state index in [1.54, 1.807) is 19.2 Å². The van der Waals surface area contributed by atoms with Crippen molar-refractivity contribution in [3.05, 3.63) is 95.9 Å². The SMILES string of the molecule is CC/C=C/N=C(C)/C(C(=N)c1ccc(Oc2ccccc2)cc1)=C(\C)N.CCC.C[C@@H]1CCCN(C(=O)/C=C/CN(C)C2CC2)C1. The summed E-state index contributed by atoms with van der Waals surface area (Å²) in [4.78, 5) is 20.6. The molecule has 1 atom stereocenters. The van der Waals surface area contributed by atoms with Crippen LogP contribution in [0.4, 0.5) is 0 Å². The maximum Gasteiger partial charge on any atom is 0.246 e. The molecule has 1 amide bonds. The number of nitrogens with zero attached hydrogens (tertiary/aromatic N) is 3. The van der Waals surface area contributed by atoms with Crippen molar-refractivity contribution in [2.45, 2.75) is 86.1 Å². The Morgan fingerprint density at radius 1 is 1.02 bits per heavy atom. The molecule has 0 bridgehead atoms. The zero-order valence-electron chi connectivity index (χ0n) is 29.3. The quantitative estimate of drug-likeness (QED) is 0.192. The summed E-state index contributed by atoms with van der Waals surface area (Å²) in [6.07, 6.45) is 14.7. The van der Waals surface area contributed by atoms with Crippen molar-refractivity contribution in [2.75, 3.05) is 26.7 Å². The summed E-state index contributed by atoms with van der Waals surface area (Å²) >= 11 is 0. The summed E-state index contributed by atoms with van der Waals surface area (Å²) in [5.74, 6) is 2.36. The van der Waals surface area contributed by atoms with Crippen LogP contribution in [0.3, 0.4) is 0 Å². The van der Waals surface area contributed by atoms with Crippen LogP contribution >= 0.6 is 0 Å². The molecule has 7 nitrogen and oxygen atoms in total. The molecule has 250 valence electrons. The third kappa shape index (κ3) is 14.0. The van der Waals surface area contributed by atoms with E-state index < -0.39 is 0 Å². The lowest BCUT2D eigenvalue weighted by molar-refractivity contribution is -0.127. The average Bonchev–Trinajstić information content (AvgIpc) is 3.89. The molecule has 0 spiro atoms. The number of likely N-dealkylation sites (N-methyl/N-ethyl adjacent to an activating group) is 1. The Morgan fingerprint density at radius 2 is 1.65 bits per heavy atom. The Balaban J connectivity index is 0.000000316. The Labute approximate surface area is 278 Å². The normalized spacial score (nSPS) is 17.2. The van der Waals surface area contributed by atoms with Gasteiger partial charge in [-0.25, -0.2) is 0 Å². The van der Waals surface area contributed by atoms with Crippen molar-refractivity contribution in [1.29, 1.82) is 5.41 Å². The molecule has 2 aromatic rings. The predicted molar refractivity (Wildman–Crippen MR) is 195 cm³/mol. The molecule has 4 rings (SSSR count). The Hall–Kier alpha value is -3.97. The zero-order valence-corrected chi connectivity index (χ0v) is 29.3. The maximum atomic E-state index is 11.9. The van der Waals surface area contributed by atoms with Gasteiger partial charge in [0, 0.05) is 60.5 Å². The van der Waals surface area contributed by atoms with E-state index >= 15 is 0 Å². The molecule has 46 heavy (non-hydrogen) atoms. The lowest BCUT2D eigenvalue weighted by Gasteiger charge is -2.30. The van der Waals surface area contributed by atoms with Crippen LogP contribution in [0.5, 0.6) is 11.5 Å². The molecule has 0 radical (unpaired) electrons. The maximum absolute atomic E-state index is 11.9. The van der Waals surface area contributed by atoms with Gasteiger partial charge in [0.05, 0.1) is 5.71 Å². The number of hydrogen-bond acceptors (Lipinski definition) is 6. The van der Waals surface area contributed by atoms with Crippen LogP contribution in [0.15, 0.2) is 95.3 Å².